The molecule has 2 amide bonds. The highest BCUT2D eigenvalue weighted by Crippen LogP contribution is 2.09. The van der Waals surface area contributed by atoms with Gasteiger partial charge in [0.15, 0.2) is 0 Å². The quantitative estimate of drug-likeness (QED) is 0.660. The number of aromatic nitrogens is 1. The molecule has 0 spiro atoms. The molecule has 0 bridgehead atoms. The Bertz CT molecular complexity index is 476. The lowest BCUT2D eigenvalue weighted by molar-refractivity contribution is 0.0696. The van der Waals surface area contributed by atoms with E-state index in [2.05, 4.69) is 16.9 Å². The molecule has 0 atom stereocenters. The Labute approximate surface area is 110 Å². The number of rotatable bonds is 6. The van der Waals surface area contributed by atoms with Crippen LogP contribution in [0.5, 0.6) is 0 Å². The molecular formula is C12H15N3O4. The van der Waals surface area contributed by atoms with Crippen molar-refractivity contribution in [3.05, 3.63) is 36.7 Å². The Hall–Kier alpha value is -2.41. The van der Waals surface area contributed by atoms with Crippen molar-refractivity contribution in [1.82, 2.24) is 9.88 Å². The first-order valence-electron chi connectivity index (χ1n) is 5.54. The largest absolute Gasteiger partial charge is 0.478 e. The van der Waals surface area contributed by atoms with E-state index in [1.165, 1.54) is 29.4 Å². The van der Waals surface area contributed by atoms with Crippen molar-refractivity contribution in [3.63, 3.8) is 0 Å². The predicted molar refractivity (Wildman–Crippen MR) is 69.1 cm³/mol. The normalized spacial score (nSPS) is 9.74. The molecule has 7 heteroatoms. The topological polar surface area (TPSA) is 103 Å². The van der Waals surface area contributed by atoms with Gasteiger partial charge in [0.25, 0.3) is 0 Å². The summed E-state index contributed by atoms with van der Waals surface area (Å²) in [6, 6.07) is 0.844. The van der Waals surface area contributed by atoms with Crippen LogP contribution in [0.3, 0.4) is 0 Å². The molecule has 0 aliphatic rings. The molecule has 0 saturated carbocycles. The van der Waals surface area contributed by atoms with Crippen molar-refractivity contribution < 1.29 is 19.8 Å². The third-order valence-electron chi connectivity index (χ3n) is 2.24. The van der Waals surface area contributed by atoms with Crippen molar-refractivity contribution in [2.45, 2.75) is 0 Å². The summed E-state index contributed by atoms with van der Waals surface area (Å²) in [4.78, 5) is 27.7. The third-order valence-corrected chi connectivity index (χ3v) is 2.24. The predicted octanol–water partition coefficient (Wildman–Crippen LogP) is 0.792. The van der Waals surface area contributed by atoms with Gasteiger partial charge in [-0.05, 0) is 6.07 Å². The zero-order valence-electron chi connectivity index (χ0n) is 10.2. The molecule has 0 aromatic carbocycles. The van der Waals surface area contributed by atoms with Crippen LogP contribution in [0.1, 0.15) is 10.4 Å². The second-order valence-electron chi connectivity index (χ2n) is 3.66. The monoisotopic (exact) mass is 265 g/mol. The van der Waals surface area contributed by atoms with Crippen LogP contribution in [0.15, 0.2) is 31.1 Å². The Kier molecular flexibility index (Phi) is 5.49. The average Bonchev–Trinajstić information content (AvgIpc) is 2.38. The molecule has 19 heavy (non-hydrogen) atoms. The number of aromatic carboxylic acids is 1. The van der Waals surface area contributed by atoms with Crippen molar-refractivity contribution in [2.75, 3.05) is 25.0 Å². The first kappa shape index (κ1) is 14.7. The number of hydrogen-bond acceptors (Lipinski definition) is 4. The molecule has 1 aromatic rings. The maximum Gasteiger partial charge on any atom is 0.337 e. The zero-order valence-corrected chi connectivity index (χ0v) is 10.2. The lowest BCUT2D eigenvalue weighted by Crippen LogP contribution is -2.37. The van der Waals surface area contributed by atoms with Crippen LogP contribution in [0, 0.1) is 0 Å². The minimum Gasteiger partial charge on any atom is -0.478 e. The van der Waals surface area contributed by atoms with Gasteiger partial charge in [0, 0.05) is 19.3 Å². The van der Waals surface area contributed by atoms with Gasteiger partial charge >= 0.3 is 12.0 Å². The highest BCUT2D eigenvalue weighted by Gasteiger charge is 2.12. The molecule has 0 radical (unpaired) electrons. The van der Waals surface area contributed by atoms with Crippen LogP contribution in [0.2, 0.25) is 0 Å². The van der Waals surface area contributed by atoms with E-state index >= 15 is 0 Å². The lowest BCUT2D eigenvalue weighted by Gasteiger charge is -2.20. The maximum atomic E-state index is 11.9. The molecule has 0 aliphatic heterocycles. The summed E-state index contributed by atoms with van der Waals surface area (Å²) in [7, 11) is 0. The first-order valence-corrected chi connectivity index (χ1v) is 5.54. The zero-order chi connectivity index (χ0) is 14.3. The molecule has 0 fully saturated rings. The van der Waals surface area contributed by atoms with Crippen LogP contribution in [-0.2, 0) is 0 Å². The number of nitrogens with zero attached hydrogens (tertiary/aromatic N) is 2. The van der Waals surface area contributed by atoms with Gasteiger partial charge in [0.2, 0.25) is 0 Å². The third kappa shape index (κ3) is 4.40. The summed E-state index contributed by atoms with van der Waals surface area (Å²) in [6.07, 6.45) is 4.06. The van der Waals surface area contributed by atoms with E-state index in [-0.39, 0.29) is 30.9 Å². The van der Waals surface area contributed by atoms with Gasteiger partial charge in [0.1, 0.15) is 0 Å². The number of aliphatic hydroxyl groups is 1. The Morgan fingerprint density at radius 2 is 2.21 bits per heavy atom. The van der Waals surface area contributed by atoms with Crippen LogP contribution >= 0.6 is 0 Å². The summed E-state index contributed by atoms with van der Waals surface area (Å²) in [5.74, 6) is -1.12. The molecule has 1 aromatic heterocycles. The number of carboxylic acids is 1. The van der Waals surface area contributed by atoms with E-state index in [4.69, 9.17) is 10.2 Å². The molecule has 0 saturated heterocycles. The van der Waals surface area contributed by atoms with Crippen molar-refractivity contribution in [2.24, 2.45) is 0 Å². The highest BCUT2D eigenvalue weighted by atomic mass is 16.4. The average molecular weight is 265 g/mol. The van der Waals surface area contributed by atoms with Gasteiger partial charge in [-0.25, -0.2) is 9.59 Å². The van der Waals surface area contributed by atoms with Gasteiger partial charge in [-0.15, -0.1) is 6.58 Å². The van der Waals surface area contributed by atoms with Gasteiger partial charge < -0.3 is 20.4 Å². The molecule has 7 nitrogen and oxygen atoms in total. The van der Waals surface area contributed by atoms with E-state index in [1.54, 1.807) is 0 Å². The van der Waals surface area contributed by atoms with E-state index in [1.807, 2.05) is 0 Å². The second kappa shape index (κ2) is 7.12. The molecule has 0 unspecified atom stereocenters. The summed E-state index contributed by atoms with van der Waals surface area (Å²) in [5.41, 5.74) is 0.257. The number of anilines is 1. The van der Waals surface area contributed by atoms with E-state index in [0.717, 1.165) is 0 Å². The van der Waals surface area contributed by atoms with E-state index in [0.29, 0.717) is 0 Å². The minimum absolute atomic E-state index is 0.0183. The van der Waals surface area contributed by atoms with Gasteiger partial charge in [-0.2, -0.15) is 0 Å². The van der Waals surface area contributed by atoms with Gasteiger partial charge in [-0.3, -0.25) is 4.98 Å². The molecular weight excluding hydrogens is 250 g/mol. The smallest absolute Gasteiger partial charge is 0.337 e. The summed E-state index contributed by atoms with van der Waals surface area (Å²) in [6.45, 7) is 3.78. The number of pyridine rings is 1. The van der Waals surface area contributed by atoms with Gasteiger partial charge in [0.05, 0.1) is 24.1 Å². The second-order valence-corrected chi connectivity index (χ2v) is 3.66. The number of aliphatic hydroxyl groups excluding tert-OH is 1. The van der Waals surface area contributed by atoms with Crippen LogP contribution < -0.4 is 5.32 Å². The van der Waals surface area contributed by atoms with E-state index in [9.17, 15) is 9.59 Å². The number of carbonyl (C=O) groups excluding carboxylic acids is 1. The fourth-order valence-electron chi connectivity index (χ4n) is 1.38. The Morgan fingerprint density at radius 1 is 1.47 bits per heavy atom. The number of carbonyl (C=O) groups is 2. The number of nitrogens with one attached hydrogen (secondary N) is 1. The maximum absolute atomic E-state index is 11.9. The van der Waals surface area contributed by atoms with Crippen LogP contribution in [0.4, 0.5) is 10.5 Å². The summed E-state index contributed by atoms with van der Waals surface area (Å²) >= 11 is 0. The van der Waals surface area contributed by atoms with Crippen molar-refractivity contribution in [3.8, 4) is 0 Å². The lowest BCUT2D eigenvalue weighted by atomic mass is 10.2. The fourth-order valence-corrected chi connectivity index (χ4v) is 1.38. The molecule has 3 N–H and O–H groups in total. The fraction of sp³-hybridized carbons (Fsp3) is 0.250. The molecule has 1 rings (SSSR count). The van der Waals surface area contributed by atoms with Crippen LogP contribution in [-0.4, -0.2) is 51.8 Å². The SMILES string of the molecule is C=CCN(CCO)C(=O)Nc1cncc(C(=O)O)c1. The number of carboxylic acid groups (broad SMARTS) is 1. The Balaban J connectivity index is 2.77. The minimum atomic E-state index is -1.12. The number of urea groups is 1. The Morgan fingerprint density at radius 3 is 2.79 bits per heavy atom. The van der Waals surface area contributed by atoms with Gasteiger partial charge in [-0.1, -0.05) is 6.08 Å². The first-order chi connectivity index (χ1) is 9.08. The van der Waals surface area contributed by atoms with E-state index < -0.39 is 12.0 Å². The van der Waals surface area contributed by atoms with Crippen LogP contribution in [0.25, 0.3) is 0 Å². The highest BCUT2D eigenvalue weighted by molar-refractivity contribution is 5.92. The van der Waals surface area contributed by atoms with Crippen molar-refractivity contribution in [1.29, 1.82) is 0 Å². The summed E-state index contributed by atoms with van der Waals surface area (Å²) in [5, 5.41) is 20.2. The summed E-state index contributed by atoms with van der Waals surface area (Å²) < 4.78 is 0. The molecule has 102 valence electrons. The number of amides is 2. The number of hydrogen-bond donors (Lipinski definition) is 3. The molecule has 0 aliphatic carbocycles. The van der Waals surface area contributed by atoms with Crippen molar-refractivity contribution >= 4 is 17.7 Å². The molecule has 1 heterocycles. The standard InChI is InChI=1S/C12H15N3O4/c1-2-3-15(4-5-16)12(19)14-10-6-9(11(17)18)7-13-8-10/h2,6-8,16H,1,3-5H2,(H,14,19)(H,17,18).